The number of Topliss-reactive ketones (excluding diaryl/α,β-unsaturated/α-hetero) is 1. The summed E-state index contributed by atoms with van der Waals surface area (Å²) in [6.07, 6.45) is -4.52. The molecular formula is C24H16F3N3O. The molecule has 4 aromatic rings. The molecule has 1 heterocycles. The summed E-state index contributed by atoms with van der Waals surface area (Å²) in [6, 6.07) is 17.0. The number of hydrogen-bond donors (Lipinski definition) is 2. The maximum absolute atomic E-state index is 12.9. The van der Waals surface area contributed by atoms with Crippen molar-refractivity contribution >= 4 is 22.5 Å². The van der Waals surface area contributed by atoms with Crippen LogP contribution in [0.2, 0.25) is 0 Å². The van der Waals surface area contributed by atoms with Gasteiger partial charge in [0.2, 0.25) is 0 Å². The minimum absolute atomic E-state index is 0.0217. The molecule has 3 N–H and O–H groups in total. The number of halogens is 3. The summed E-state index contributed by atoms with van der Waals surface area (Å²) in [6.45, 7) is 0. The van der Waals surface area contributed by atoms with Crippen molar-refractivity contribution in [2.75, 3.05) is 5.73 Å². The number of nitrogens with one attached hydrogen (secondary N) is 1. The molecule has 0 unspecified atom stereocenters. The molecule has 0 atom stereocenters. The van der Waals surface area contributed by atoms with Gasteiger partial charge in [-0.05, 0) is 42.0 Å². The molecule has 0 fully saturated rings. The maximum atomic E-state index is 12.9. The van der Waals surface area contributed by atoms with E-state index in [1.807, 2.05) is 18.2 Å². The molecule has 0 aliphatic heterocycles. The van der Waals surface area contributed by atoms with Crippen LogP contribution in [0, 0.1) is 11.8 Å². The number of nitrogens with zero attached hydrogens (tertiary/aromatic N) is 1. The zero-order valence-electron chi connectivity index (χ0n) is 16.1. The van der Waals surface area contributed by atoms with E-state index >= 15 is 0 Å². The van der Waals surface area contributed by atoms with E-state index in [0.29, 0.717) is 22.5 Å². The van der Waals surface area contributed by atoms with Crippen LogP contribution in [0.1, 0.15) is 32.6 Å². The lowest BCUT2D eigenvalue weighted by atomic mass is 10.00. The Balaban J connectivity index is 1.57. The molecule has 0 bridgehead atoms. The van der Waals surface area contributed by atoms with E-state index in [1.165, 1.54) is 12.1 Å². The van der Waals surface area contributed by atoms with Crippen molar-refractivity contribution in [1.29, 1.82) is 0 Å². The smallest absolute Gasteiger partial charge is 0.382 e. The van der Waals surface area contributed by atoms with Gasteiger partial charge in [0.15, 0.2) is 11.6 Å². The van der Waals surface area contributed by atoms with Crippen LogP contribution in [-0.2, 0) is 12.6 Å². The number of carbonyl (C=O) groups is 1. The first-order chi connectivity index (χ1) is 14.8. The zero-order valence-corrected chi connectivity index (χ0v) is 16.1. The SMILES string of the molecule is Nc1n[nH]c2cccc(C#Cc3cccc(CC(=O)c4cccc(C(F)(F)F)c4)c3)c12. The minimum Gasteiger partial charge on any atom is -0.382 e. The van der Waals surface area contributed by atoms with Crippen LogP contribution in [0.4, 0.5) is 19.0 Å². The van der Waals surface area contributed by atoms with E-state index in [0.717, 1.165) is 23.0 Å². The molecule has 0 amide bonds. The van der Waals surface area contributed by atoms with Gasteiger partial charge in [-0.25, -0.2) is 0 Å². The Bertz CT molecular complexity index is 1340. The molecule has 0 saturated heterocycles. The highest BCUT2D eigenvalue weighted by molar-refractivity contribution is 5.97. The van der Waals surface area contributed by atoms with Gasteiger partial charge in [0.1, 0.15) is 0 Å². The summed E-state index contributed by atoms with van der Waals surface area (Å²) in [5, 5.41) is 7.56. The number of aromatic amines is 1. The number of benzene rings is 3. The lowest BCUT2D eigenvalue weighted by Gasteiger charge is -2.08. The number of hydrogen-bond acceptors (Lipinski definition) is 3. The number of nitrogen functional groups attached to an aromatic ring is 1. The first-order valence-corrected chi connectivity index (χ1v) is 9.35. The monoisotopic (exact) mass is 419 g/mol. The molecule has 7 heteroatoms. The molecule has 1 aromatic heterocycles. The number of carbonyl (C=O) groups excluding carboxylic acids is 1. The number of rotatable bonds is 3. The summed E-state index contributed by atoms with van der Waals surface area (Å²) < 4.78 is 38.7. The Hall–Kier alpha value is -4.05. The van der Waals surface area contributed by atoms with E-state index in [-0.39, 0.29) is 12.0 Å². The normalized spacial score (nSPS) is 11.2. The predicted molar refractivity (Wildman–Crippen MR) is 112 cm³/mol. The predicted octanol–water partition coefficient (Wildman–Crippen LogP) is 4.99. The first-order valence-electron chi connectivity index (χ1n) is 9.35. The molecule has 0 spiro atoms. The van der Waals surface area contributed by atoms with Crippen molar-refractivity contribution in [2.24, 2.45) is 0 Å². The number of alkyl halides is 3. The highest BCUT2D eigenvalue weighted by atomic mass is 19.4. The van der Waals surface area contributed by atoms with Crippen LogP contribution in [0.5, 0.6) is 0 Å². The number of aromatic nitrogens is 2. The van der Waals surface area contributed by atoms with Gasteiger partial charge in [0.05, 0.1) is 16.5 Å². The van der Waals surface area contributed by atoms with Crippen molar-refractivity contribution in [3.8, 4) is 11.8 Å². The summed E-state index contributed by atoms with van der Waals surface area (Å²) in [5.41, 5.74) is 7.92. The molecule has 3 aromatic carbocycles. The van der Waals surface area contributed by atoms with Gasteiger partial charge in [-0.1, -0.05) is 42.2 Å². The standard InChI is InChI=1S/C24H16F3N3O/c25-24(26,27)19-8-2-7-18(14-19)21(31)13-16-5-1-4-15(12-16)10-11-17-6-3-9-20-22(17)23(28)30-29-20/h1-9,12,14H,13H2,(H3,28,29,30). The zero-order chi connectivity index (χ0) is 22.0. The lowest BCUT2D eigenvalue weighted by molar-refractivity contribution is -0.137. The Morgan fingerprint density at radius 1 is 1.00 bits per heavy atom. The highest BCUT2D eigenvalue weighted by Crippen LogP contribution is 2.29. The first kappa shape index (κ1) is 20.2. The topological polar surface area (TPSA) is 71.8 Å². The van der Waals surface area contributed by atoms with E-state index in [9.17, 15) is 18.0 Å². The maximum Gasteiger partial charge on any atom is 0.416 e. The largest absolute Gasteiger partial charge is 0.416 e. The van der Waals surface area contributed by atoms with Crippen molar-refractivity contribution in [3.63, 3.8) is 0 Å². The quantitative estimate of drug-likeness (QED) is 0.363. The van der Waals surface area contributed by atoms with E-state index in [4.69, 9.17) is 5.73 Å². The molecule has 4 nitrogen and oxygen atoms in total. The summed E-state index contributed by atoms with van der Waals surface area (Å²) in [4.78, 5) is 12.5. The van der Waals surface area contributed by atoms with E-state index < -0.39 is 17.5 Å². The number of H-pyrrole nitrogens is 1. The average molecular weight is 419 g/mol. The number of nitrogens with two attached hydrogens (primary N) is 1. The molecule has 0 aliphatic rings. The molecule has 0 saturated carbocycles. The van der Waals surface area contributed by atoms with E-state index in [1.54, 1.807) is 24.3 Å². The molecule has 154 valence electrons. The summed E-state index contributed by atoms with van der Waals surface area (Å²) in [7, 11) is 0. The Kier molecular flexibility index (Phi) is 5.22. The number of anilines is 1. The van der Waals surface area contributed by atoms with Crippen LogP contribution in [0.25, 0.3) is 10.9 Å². The van der Waals surface area contributed by atoms with E-state index in [2.05, 4.69) is 22.0 Å². The van der Waals surface area contributed by atoms with Gasteiger partial charge in [-0.15, -0.1) is 0 Å². The van der Waals surface area contributed by atoms with Crippen LogP contribution in [-0.4, -0.2) is 16.0 Å². The van der Waals surface area contributed by atoms with Crippen LogP contribution in [0.3, 0.4) is 0 Å². The Morgan fingerprint density at radius 3 is 2.58 bits per heavy atom. The van der Waals surface area contributed by atoms with Crippen molar-refractivity contribution in [3.05, 3.63) is 94.5 Å². The average Bonchev–Trinajstić information content (AvgIpc) is 3.13. The van der Waals surface area contributed by atoms with Crippen LogP contribution < -0.4 is 5.73 Å². The van der Waals surface area contributed by atoms with Crippen LogP contribution in [0.15, 0.2) is 66.7 Å². The fraction of sp³-hybridized carbons (Fsp3) is 0.0833. The minimum atomic E-state index is -4.49. The van der Waals surface area contributed by atoms with Crippen molar-refractivity contribution < 1.29 is 18.0 Å². The number of ketones is 1. The Morgan fingerprint density at radius 2 is 1.77 bits per heavy atom. The second-order valence-corrected chi connectivity index (χ2v) is 6.97. The van der Waals surface area contributed by atoms with Gasteiger partial charge in [0, 0.05) is 23.1 Å². The third-order valence-electron chi connectivity index (χ3n) is 4.76. The number of fused-ring (bicyclic) bond motifs is 1. The summed E-state index contributed by atoms with van der Waals surface area (Å²) >= 11 is 0. The van der Waals surface area contributed by atoms with Gasteiger partial charge < -0.3 is 5.73 Å². The second-order valence-electron chi connectivity index (χ2n) is 6.97. The van der Waals surface area contributed by atoms with Crippen molar-refractivity contribution in [2.45, 2.75) is 12.6 Å². The third kappa shape index (κ3) is 4.43. The van der Waals surface area contributed by atoms with Gasteiger partial charge >= 0.3 is 6.18 Å². The fourth-order valence-electron chi connectivity index (χ4n) is 3.26. The van der Waals surface area contributed by atoms with Gasteiger partial charge in [0.25, 0.3) is 0 Å². The van der Waals surface area contributed by atoms with Gasteiger partial charge in [-0.3, -0.25) is 9.89 Å². The highest BCUT2D eigenvalue weighted by Gasteiger charge is 2.30. The summed E-state index contributed by atoms with van der Waals surface area (Å²) in [5.74, 6) is 6.08. The molecule has 4 rings (SSSR count). The fourth-order valence-corrected chi connectivity index (χ4v) is 3.26. The van der Waals surface area contributed by atoms with Crippen LogP contribution >= 0.6 is 0 Å². The second kappa shape index (κ2) is 8.00. The molecule has 0 radical (unpaired) electrons. The lowest BCUT2D eigenvalue weighted by Crippen LogP contribution is -2.09. The molecule has 31 heavy (non-hydrogen) atoms. The third-order valence-corrected chi connectivity index (χ3v) is 4.76. The van der Waals surface area contributed by atoms with Crippen molar-refractivity contribution in [1.82, 2.24) is 10.2 Å². The Labute approximate surface area is 175 Å². The van der Waals surface area contributed by atoms with Gasteiger partial charge in [-0.2, -0.15) is 18.3 Å². The molecule has 0 aliphatic carbocycles. The molecular weight excluding hydrogens is 403 g/mol.